The largest absolute Gasteiger partial charge is 0.496 e. The third-order valence-electron chi connectivity index (χ3n) is 2.48. The summed E-state index contributed by atoms with van der Waals surface area (Å²) in [7, 11) is 1.46. The molecule has 1 rings (SSSR count). The molecule has 0 radical (unpaired) electrons. The number of rotatable bonds is 7. The Labute approximate surface area is 124 Å². The third-order valence-corrected chi connectivity index (χ3v) is 2.97. The van der Waals surface area contributed by atoms with E-state index in [1.807, 2.05) is 0 Å². The van der Waals surface area contributed by atoms with Gasteiger partial charge in [-0.25, -0.2) is 0 Å². The van der Waals surface area contributed by atoms with Crippen LogP contribution in [0.1, 0.15) is 23.2 Å². The lowest BCUT2D eigenvalue weighted by Gasteiger charge is -2.08. The Kier molecular flexibility index (Phi) is 6.17. The number of carbonyl (C=O) groups excluding carboxylic acids is 2. The van der Waals surface area contributed by atoms with Crippen molar-refractivity contribution in [1.29, 1.82) is 0 Å². The molecule has 0 heterocycles. The van der Waals surface area contributed by atoms with E-state index in [4.69, 9.17) is 9.84 Å². The van der Waals surface area contributed by atoms with Crippen molar-refractivity contribution in [1.82, 2.24) is 5.32 Å². The van der Waals surface area contributed by atoms with Crippen LogP contribution in [-0.2, 0) is 9.59 Å². The summed E-state index contributed by atoms with van der Waals surface area (Å²) in [6.07, 6.45) is -0.0833. The number of halogens is 1. The standard InChI is InChI=1S/C13H14BrNO5/c1-20-11-4-2-8(14)6-9(11)10(16)3-5-12(17)15-7-13(18)19/h2,4,6H,3,5,7H2,1H3,(H,15,17)(H,18,19). The number of carboxylic acids is 1. The fourth-order valence-electron chi connectivity index (χ4n) is 1.52. The van der Waals surface area contributed by atoms with Crippen LogP contribution in [0, 0.1) is 0 Å². The van der Waals surface area contributed by atoms with Gasteiger partial charge in [0.2, 0.25) is 5.91 Å². The highest BCUT2D eigenvalue weighted by atomic mass is 79.9. The number of ether oxygens (including phenoxy) is 1. The second kappa shape index (κ2) is 7.64. The van der Waals surface area contributed by atoms with Gasteiger partial charge >= 0.3 is 5.97 Å². The Hall–Kier alpha value is -1.89. The zero-order valence-electron chi connectivity index (χ0n) is 10.8. The van der Waals surface area contributed by atoms with Crippen LogP contribution < -0.4 is 10.1 Å². The van der Waals surface area contributed by atoms with Gasteiger partial charge in [0, 0.05) is 17.3 Å². The molecular weight excluding hydrogens is 330 g/mol. The average Bonchev–Trinajstić information content (AvgIpc) is 2.42. The highest BCUT2D eigenvalue weighted by molar-refractivity contribution is 9.10. The molecule has 6 nitrogen and oxygen atoms in total. The topological polar surface area (TPSA) is 92.7 Å². The number of ketones is 1. The number of aliphatic carboxylic acids is 1. The summed E-state index contributed by atoms with van der Waals surface area (Å²) in [5.41, 5.74) is 0.382. The molecular formula is C13H14BrNO5. The van der Waals surface area contributed by atoms with Crippen LogP contribution >= 0.6 is 15.9 Å². The van der Waals surface area contributed by atoms with E-state index in [-0.39, 0.29) is 18.6 Å². The minimum absolute atomic E-state index is 0.0156. The summed E-state index contributed by atoms with van der Waals surface area (Å²) in [5.74, 6) is -1.41. The predicted octanol–water partition coefficient (Wildman–Crippen LogP) is 1.62. The molecule has 0 saturated carbocycles. The Morgan fingerprint density at radius 1 is 1.30 bits per heavy atom. The van der Waals surface area contributed by atoms with Crippen LogP contribution in [0.15, 0.2) is 22.7 Å². The summed E-state index contributed by atoms with van der Waals surface area (Å²) < 4.78 is 5.82. The molecule has 0 saturated heterocycles. The van der Waals surface area contributed by atoms with E-state index >= 15 is 0 Å². The summed E-state index contributed by atoms with van der Waals surface area (Å²) in [4.78, 5) is 33.6. The molecule has 0 atom stereocenters. The molecule has 1 aromatic carbocycles. The van der Waals surface area contributed by atoms with Crippen molar-refractivity contribution in [3.8, 4) is 5.75 Å². The van der Waals surface area contributed by atoms with Crippen LogP contribution in [0.4, 0.5) is 0 Å². The second-order valence-electron chi connectivity index (χ2n) is 3.94. The number of hydrogen-bond donors (Lipinski definition) is 2. The molecule has 0 aliphatic heterocycles. The van der Waals surface area contributed by atoms with Gasteiger partial charge in [-0.05, 0) is 18.2 Å². The molecule has 1 aromatic rings. The van der Waals surface area contributed by atoms with Crippen LogP contribution in [0.5, 0.6) is 5.75 Å². The number of carboxylic acid groups (broad SMARTS) is 1. The number of hydrogen-bond acceptors (Lipinski definition) is 4. The van der Waals surface area contributed by atoms with Gasteiger partial charge in [0.15, 0.2) is 5.78 Å². The van der Waals surface area contributed by atoms with Gasteiger partial charge in [0.25, 0.3) is 0 Å². The molecule has 2 N–H and O–H groups in total. The Balaban J connectivity index is 2.61. The van der Waals surface area contributed by atoms with E-state index in [0.29, 0.717) is 11.3 Å². The summed E-state index contributed by atoms with van der Waals surface area (Å²) >= 11 is 3.26. The van der Waals surface area contributed by atoms with Crippen LogP contribution in [0.25, 0.3) is 0 Å². The maximum atomic E-state index is 12.0. The fraction of sp³-hybridized carbons (Fsp3) is 0.308. The van der Waals surface area contributed by atoms with Crippen LogP contribution in [0.3, 0.4) is 0 Å². The number of Topliss-reactive ketones (excluding diaryl/α,β-unsaturated/α-hetero) is 1. The first-order valence-corrected chi connectivity index (χ1v) is 6.58. The quantitative estimate of drug-likeness (QED) is 0.734. The maximum absolute atomic E-state index is 12.0. The Morgan fingerprint density at radius 2 is 2.00 bits per heavy atom. The normalized spacial score (nSPS) is 9.90. The SMILES string of the molecule is COc1ccc(Br)cc1C(=O)CCC(=O)NCC(=O)O. The van der Waals surface area contributed by atoms with Gasteiger partial charge in [-0.1, -0.05) is 15.9 Å². The Morgan fingerprint density at radius 3 is 2.60 bits per heavy atom. The lowest BCUT2D eigenvalue weighted by atomic mass is 10.1. The van der Waals surface area contributed by atoms with Crippen molar-refractivity contribution in [3.05, 3.63) is 28.2 Å². The zero-order valence-corrected chi connectivity index (χ0v) is 12.4. The summed E-state index contributed by atoms with van der Waals surface area (Å²) in [6, 6.07) is 5.02. The van der Waals surface area contributed by atoms with Crippen LogP contribution in [0.2, 0.25) is 0 Å². The monoisotopic (exact) mass is 343 g/mol. The highest BCUT2D eigenvalue weighted by Gasteiger charge is 2.14. The lowest BCUT2D eigenvalue weighted by Crippen LogP contribution is -2.29. The number of amides is 1. The van der Waals surface area contributed by atoms with Crippen molar-refractivity contribution in [2.75, 3.05) is 13.7 Å². The van der Waals surface area contributed by atoms with Crippen molar-refractivity contribution < 1.29 is 24.2 Å². The first-order valence-electron chi connectivity index (χ1n) is 5.79. The van der Waals surface area contributed by atoms with E-state index in [1.54, 1.807) is 18.2 Å². The summed E-state index contributed by atoms with van der Waals surface area (Å²) in [6.45, 7) is -0.451. The first-order chi connectivity index (χ1) is 9.43. The first kappa shape index (κ1) is 16.2. The van der Waals surface area contributed by atoms with Gasteiger partial charge < -0.3 is 15.2 Å². The van der Waals surface area contributed by atoms with E-state index in [2.05, 4.69) is 21.2 Å². The number of benzene rings is 1. The number of methoxy groups -OCH3 is 1. The maximum Gasteiger partial charge on any atom is 0.322 e. The number of nitrogens with one attached hydrogen (secondary N) is 1. The second-order valence-corrected chi connectivity index (χ2v) is 4.85. The highest BCUT2D eigenvalue weighted by Crippen LogP contribution is 2.24. The molecule has 0 unspecified atom stereocenters. The van der Waals surface area contributed by atoms with Crippen molar-refractivity contribution in [2.24, 2.45) is 0 Å². The van der Waals surface area contributed by atoms with Gasteiger partial charge in [-0.3, -0.25) is 14.4 Å². The molecule has 1 amide bonds. The van der Waals surface area contributed by atoms with Crippen molar-refractivity contribution >= 4 is 33.6 Å². The molecule has 0 aliphatic carbocycles. The summed E-state index contributed by atoms with van der Waals surface area (Å²) in [5, 5.41) is 10.6. The minimum atomic E-state index is -1.13. The van der Waals surface area contributed by atoms with Crippen molar-refractivity contribution in [2.45, 2.75) is 12.8 Å². The van der Waals surface area contributed by atoms with Gasteiger partial charge in [0.05, 0.1) is 12.7 Å². The molecule has 0 aliphatic rings. The van der Waals surface area contributed by atoms with E-state index in [1.165, 1.54) is 7.11 Å². The fourth-order valence-corrected chi connectivity index (χ4v) is 1.88. The van der Waals surface area contributed by atoms with Gasteiger partial charge in [0.1, 0.15) is 12.3 Å². The molecule has 108 valence electrons. The molecule has 0 spiro atoms. The molecule has 20 heavy (non-hydrogen) atoms. The molecule has 0 fully saturated rings. The Bertz CT molecular complexity index is 529. The van der Waals surface area contributed by atoms with E-state index < -0.39 is 18.4 Å². The van der Waals surface area contributed by atoms with Gasteiger partial charge in [-0.15, -0.1) is 0 Å². The lowest BCUT2D eigenvalue weighted by molar-refractivity contribution is -0.137. The minimum Gasteiger partial charge on any atom is -0.496 e. The van der Waals surface area contributed by atoms with E-state index in [0.717, 1.165) is 4.47 Å². The zero-order chi connectivity index (χ0) is 15.1. The molecule has 0 bridgehead atoms. The van der Waals surface area contributed by atoms with Crippen LogP contribution in [-0.4, -0.2) is 36.4 Å². The smallest absolute Gasteiger partial charge is 0.322 e. The number of carbonyl (C=O) groups is 3. The van der Waals surface area contributed by atoms with Gasteiger partial charge in [-0.2, -0.15) is 0 Å². The van der Waals surface area contributed by atoms with Crippen molar-refractivity contribution in [3.63, 3.8) is 0 Å². The molecule has 0 aromatic heterocycles. The predicted molar refractivity (Wildman–Crippen MR) is 74.9 cm³/mol. The average molecular weight is 344 g/mol. The molecule has 7 heteroatoms. The van der Waals surface area contributed by atoms with E-state index in [9.17, 15) is 14.4 Å². The third kappa shape index (κ3) is 5.00.